The molecule has 0 atom stereocenters. The molecule has 1 aromatic carbocycles. The fourth-order valence-electron chi connectivity index (χ4n) is 1.53. The van der Waals surface area contributed by atoms with Crippen LogP contribution in [-0.4, -0.2) is 9.97 Å². The number of halogens is 1. The molecule has 2 rings (SSSR count). The van der Waals surface area contributed by atoms with Crippen molar-refractivity contribution in [3.05, 3.63) is 47.7 Å². The van der Waals surface area contributed by atoms with Crippen LogP contribution in [0.2, 0.25) is 0 Å². The van der Waals surface area contributed by atoms with Crippen molar-refractivity contribution < 1.29 is 4.39 Å². The predicted molar refractivity (Wildman–Crippen MR) is 60.1 cm³/mol. The van der Waals surface area contributed by atoms with E-state index < -0.39 is 0 Å². The Hall–Kier alpha value is -1.81. The van der Waals surface area contributed by atoms with E-state index in [2.05, 4.69) is 9.97 Å². The first-order valence-electron chi connectivity index (χ1n) is 4.99. The summed E-state index contributed by atoms with van der Waals surface area (Å²) in [7, 11) is 0. The van der Waals surface area contributed by atoms with Gasteiger partial charge in [-0.25, -0.2) is 14.4 Å². The molecule has 2 N–H and O–H groups in total. The molecule has 0 fully saturated rings. The zero-order chi connectivity index (χ0) is 11.5. The van der Waals surface area contributed by atoms with E-state index in [-0.39, 0.29) is 5.82 Å². The minimum Gasteiger partial charge on any atom is -0.325 e. The van der Waals surface area contributed by atoms with E-state index in [4.69, 9.17) is 5.73 Å². The molecule has 0 spiro atoms. The quantitative estimate of drug-likeness (QED) is 0.837. The Kier molecular flexibility index (Phi) is 2.92. The summed E-state index contributed by atoms with van der Waals surface area (Å²) in [6, 6.07) is 8.10. The molecule has 2 aromatic rings. The van der Waals surface area contributed by atoms with Gasteiger partial charge < -0.3 is 5.73 Å². The van der Waals surface area contributed by atoms with Gasteiger partial charge in [-0.05, 0) is 25.1 Å². The second-order valence-electron chi connectivity index (χ2n) is 3.51. The molecule has 0 bridgehead atoms. The van der Waals surface area contributed by atoms with E-state index in [1.807, 2.05) is 6.07 Å². The van der Waals surface area contributed by atoms with Gasteiger partial charge in [-0.1, -0.05) is 12.1 Å². The van der Waals surface area contributed by atoms with Gasteiger partial charge >= 0.3 is 0 Å². The summed E-state index contributed by atoms with van der Waals surface area (Å²) in [6.07, 6.45) is 0. The monoisotopic (exact) mass is 217 g/mol. The third-order valence-corrected chi connectivity index (χ3v) is 2.22. The highest BCUT2D eigenvalue weighted by atomic mass is 19.1. The Labute approximate surface area is 93.2 Å². The summed E-state index contributed by atoms with van der Waals surface area (Å²) >= 11 is 0. The molecule has 3 nitrogen and oxygen atoms in total. The molecule has 0 saturated carbocycles. The Morgan fingerprint density at radius 2 is 2.06 bits per heavy atom. The van der Waals surface area contributed by atoms with Crippen LogP contribution in [0.15, 0.2) is 30.3 Å². The maximum absolute atomic E-state index is 13.1. The van der Waals surface area contributed by atoms with Gasteiger partial charge in [0.05, 0.1) is 11.4 Å². The normalized spacial score (nSPS) is 10.4. The molecule has 0 aliphatic rings. The van der Waals surface area contributed by atoms with Gasteiger partial charge in [-0.2, -0.15) is 0 Å². The number of rotatable bonds is 2. The zero-order valence-corrected chi connectivity index (χ0v) is 8.94. The van der Waals surface area contributed by atoms with Crippen molar-refractivity contribution in [2.45, 2.75) is 13.5 Å². The van der Waals surface area contributed by atoms with Crippen LogP contribution in [0.1, 0.15) is 11.5 Å². The molecular weight excluding hydrogens is 205 g/mol. The van der Waals surface area contributed by atoms with Crippen molar-refractivity contribution in [3.8, 4) is 11.3 Å². The SMILES string of the molecule is Cc1nc(CN)cc(-c2cccc(F)c2)n1. The lowest BCUT2D eigenvalue weighted by molar-refractivity contribution is 0.628. The molecule has 4 heteroatoms. The van der Waals surface area contributed by atoms with Crippen LogP contribution in [0.4, 0.5) is 4.39 Å². The third-order valence-electron chi connectivity index (χ3n) is 2.22. The van der Waals surface area contributed by atoms with E-state index in [9.17, 15) is 4.39 Å². The minimum absolute atomic E-state index is 0.275. The van der Waals surface area contributed by atoms with Gasteiger partial charge in [0.1, 0.15) is 11.6 Å². The molecule has 0 unspecified atom stereocenters. The van der Waals surface area contributed by atoms with Crippen LogP contribution in [0, 0.1) is 12.7 Å². The van der Waals surface area contributed by atoms with Gasteiger partial charge in [0.25, 0.3) is 0 Å². The molecule has 0 saturated heterocycles. The second-order valence-corrected chi connectivity index (χ2v) is 3.51. The molecule has 0 aliphatic heterocycles. The Morgan fingerprint density at radius 3 is 2.75 bits per heavy atom. The third kappa shape index (κ3) is 2.23. The van der Waals surface area contributed by atoms with E-state index >= 15 is 0 Å². The van der Waals surface area contributed by atoms with Crippen LogP contribution >= 0.6 is 0 Å². The van der Waals surface area contributed by atoms with Gasteiger partial charge in [0, 0.05) is 12.1 Å². The second kappa shape index (κ2) is 4.37. The highest BCUT2D eigenvalue weighted by Gasteiger charge is 2.04. The number of benzene rings is 1. The summed E-state index contributed by atoms with van der Waals surface area (Å²) in [4.78, 5) is 8.43. The van der Waals surface area contributed by atoms with Crippen molar-refractivity contribution >= 4 is 0 Å². The minimum atomic E-state index is -0.275. The Morgan fingerprint density at radius 1 is 1.25 bits per heavy atom. The largest absolute Gasteiger partial charge is 0.325 e. The van der Waals surface area contributed by atoms with E-state index in [1.54, 1.807) is 19.1 Å². The van der Waals surface area contributed by atoms with Gasteiger partial charge in [0.2, 0.25) is 0 Å². The average molecular weight is 217 g/mol. The number of hydrogen-bond acceptors (Lipinski definition) is 3. The van der Waals surface area contributed by atoms with Crippen molar-refractivity contribution in [3.63, 3.8) is 0 Å². The molecule has 0 amide bonds. The predicted octanol–water partition coefficient (Wildman–Crippen LogP) is 2.05. The zero-order valence-electron chi connectivity index (χ0n) is 8.94. The molecule has 0 aliphatic carbocycles. The van der Waals surface area contributed by atoms with Crippen LogP contribution in [0.3, 0.4) is 0 Å². The van der Waals surface area contributed by atoms with Crippen molar-refractivity contribution in [2.75, 3.05) is 0 Å². The number of aromatic nitrogens is 2. The first-order valence-corrected chi connectivity index (χ1v) is 4.99. The van der Waals surface area contributed by atoms with Crippen LogP contribution in [0.5, 0.6) is 0 Å². The van der Waals surface area contributed by atoms with Crippen LogP contribution in [0.25, 0.3) is 11.3 Å². The maximum atomic E-state index is 13.1. The fraction of sp³-hybridized carbons (Fsp3) is 0.167. The number of nitrogens with two attached hydrogens (primary N) is 1. The first-order chi connectivity index (χ1) is 7.69. The Balaban J connectivity index is 2.51. The topological polar surface area (TPSA) is 51.8 Å². The highest BCUT2D eigenvalue weighted by Crippen LogP contribution is 2.18. The molecule has 0 radical (unpaired) electrons. The number of aryl methyl sites for hydroxylation is 1. The lowest BCUT2D eigenvalue weighted by Gasteiger charge is -2.04. The molecule has 1 aromatic heterocycles. The molecule has 82 valence electrons. The Bertz CT molecular complexity index is 511. The van der Waals surface area contributed by atoms with Crippen molar-refractivity contribution in [1.29, 1.82) is 0 Å². The highest BCUT2D eigenvalue weighted by molar-refractivity contribution is 5.59. The smallest absolute Gasteiger partial charge is 0.126 e. The van der Waals surface area contributed by atoms with Crippen molar-refractivity contribution in [1.82, 2.24) is 9.97 Å². The summed E-state index contributed by atoms with van der Waals surface area (Å²) in [5.41, 5.74) is 7.73. The maximum Gasteiger partial charge on any atom is 0.126 e. The summed E-state index contributed by atoms with van der Waals surface area (Å²) in [5, 5.41) is 0. The summed E-state index contributed by atoms with van der Waals surface area (Å²) < 4.78 is 13.1. The molecule has 1 heterocycles. The first kappa shape index (κ1) is 10.7. The summed E-state index contributed by atoms with van der Waals surface area (Å²) in [5.74, 6) is 0.366. The standard InChI is InChI=1S/C12H12FN3/c1-8-15-11(7-14)6-12(16-8)9-3-2-4-10(13)5-9/h2-6H,7,14H2,1H3. The van der Waals surface area contributed by atoms with Gasteiger partial charge in [-0.3, -0.25) is 0 Å². The van der Waals surface area contributed by atoms with E-state index in [1.165, 1.54) is 12.1 Å². The lowest BCUT2D eigenvalue weighted by Crippen LogP contribution is -2.03. The lowest BCUT2D eigenvalue weighted by atomic mass is 10.1. The van der Waals surface area contributed by atoms with E-state index in [0.29, 0.717) is 18.1 Å². The summed E-state index contributed by atoms with van der Waals surface area (Å²) in [6.45, 7) is 2.15. The van der Waals surface area contributed by atoms with Crippen LogP contribution < -0.4 is 5.73 Å². The van der Waals surface area contributed by atoms with E-state index in [0.717, 1.165) is 11.3 Å². The number of hydrogen-bond donors (Lipinski definition) is 1. The average Bonchev–Trinajstić information content (AvgIpc) is 2.28. The van der Waals surface area contributed by atoms with Crippen molar-refractivity contribution in [2.24, 2.45) is 5.73 Å². The fourth-order valence-corrected chi connectivity index (χ4v) is 1.53. The van der Waals surface area contributed by atoms with Crippen LogP contribution in [-0.2, 0) is 6.54 Å². The number of nitrogens with zero attached hydrogens (tertiary/aromatic N) is 2. The molecule has 16 heavy (non-hydrogen) atoms. The molecular formula is C12H12FN3. The van der Waals surface area contributed by atoms with Gasteiger partial charge in [-0.15, -0.1) is 0 Å². The van der Waals surface area contributed by atoms with Gasteiger partial charge in [0.15, 0.2) is 0 Å².